The third-order valence-electron chi connectivity index (χ3n) is 6.62. The van der Waals surface area contributed by atoms with E-state index in [1.54, 1.807) is 18.5 Å². The average Bonchev–Trinajstić information content (AvgIpc) is 3.63. The van der Waals surface area contributed by atoms with E-state index in [9.17, 15) is 29.4 Å². The number of primary amides is 1. The molecule has 0 aliphatic carbocycles. The SMILES string of the molecule is Cn1nnnc1SCC1=C(C(=O)[O-])N2C(=O)C(NC(=O)Cc3ccsc3N(C(N)=O)c3cnc(NCCCO)nc3O)[C@@H]2SC1.[Na+]. The molecule has 0 radical (unpaired) electrons. The zero-order chi connectivity index (χ0) is 32.2. The topological polar surface area (TPSA) is 258 Å². The third-order valence-corrected chi connectivity index (χ3v) is 10.00. The van der Waals surface area contributed by atoms with E-state index in [2.05, 4.69) is 36.1 Å². The maximum Gasteiger partial charge on any atom is 1.00 e. The van der Waals surface area contributed by atoms with E-state index in [1.165, 1.54) is 34.4 Å². The molecule has 5 heterocycles. The minimum Gasteiger partial charge on any atom is -0.543 e. The van der Waals surface area contributed by atoms with Crippen LogP contribution in [0.5, 0.6) is 5.88 Å². The summed E-state index contributed by atoms with van der Waals surface area (Å²) >= 11 is 3.61. The van der Waals surface area contributed by atoms with Gasteiger partial charge in [0.05, 0.1) is 24.3 Å². The Morgan fingerprint density at radius 2 is 2.11 bits per heavy atom. The first-order valence-corrected chi connectivity index (χ1v) is 16.1. The Labute approximate surface area is 295 Å². The number of amides is 4. The molecule has 3 aromatic rings. The molecule has 238 valence electrons. The van der Waals surface area contributed by atoms with Crippen molar-refractivity contribution in [3.05, 3.63) is 34.5 Å². The van der Waals surface area contributed by atoms with Gasteiger partial charge in [-0.3, -0.25) is 14.5 Å². The summed E-state index contributed by atoms with van der Waals surface area (Å²) in [6.07, 6.45) is 1.36. The van der Waals surface area contributed by atoms with Crippen LogP contribution in [-0.2, 0) is 27.9 Å². The van der Waals surface area contributed by atoms with Crippen molar-refractivity contribution in [2.24, 2.45) is 12.8 Å². The number of aromatic nitrogens is 6. The van der Waals surface area contributed by atoms with Gasteiger partial charge in [-0.15, -0.1) is 28.2 Å². The van der Waals surface area contributed by atoms with E-state index in [-0.39, 0.29) is 76.4 Å². The van der Waals surface area contributed by atoms with E-state index in [0.29, 0.717) is 29.3 Å². The summed E-state index contributed by atoms with van der Waals surface area (Å²) in [5.41, 5.74) is 6.12. The predicted octanol–water partition coefficient (Wildman–Crippen LogP) is -4.48. The van der Waals surface area contributed by atoms with Gasteiger partial charge < -0.3 is 36.5 Å². The summed E-state index contributed by atoms with van der Waals surface area (Å²) in [7, 11) is 1.65. The van der Waals surface area contributed by atoms with Crippen molar-refractivity contribution in [1.29, 1.82) is 0 Å². The van der Waals surface area contributed by atoms with E-state index in [4.69, 9.17) is 10.8 Å². The second kappa shape index (κ2) is 15.4. The average molecular weight is 700 g/mol. The molecule has 2 atom stereocenters. The monoisotopic (exact) mass is 699 g/mol. The van der Waals surface area contributed by atoms with E-state index < -0.39 is 41.1 Å². The maximum atomic E-state index is 13.1. The van der Waals surface area contributed by atoms with Gasteiger partial charge in [0.2, 0.25) is 22.9 Å². The smallest absolute Gasteiger partial charge is 0.543 e. The van der Waals surface area contributed by atoms with Gasteiger partial charge in [-0.05, 0) is 39.4 Å². The van der Waals surface area contributed by atoms with Gasteiger partial charge in [-0.2, -0.15) is 4.98 Å². The number of carboxylic acid groups (broad SMARTS) is 1. The molecule has 0 aromatic carbocycles. The Hall–Kier alpha value is -3.47. The van der Waals surface area contributed by atoms with Crippen LogP contribution in [0, 0.1) is 0 Å². The number of aliphatic hydroxyl groups excluding tert-OH is 1. The zero-order valence-corrected chi connectivity index (χ0v) is 28.9. The third kappa shape index (κ3) is 7.40. The Morgan fingerprint density at radius 3 is 2.76 bits per heavy atom. The number of β-lactam (4-membered cyclic amide) rings is 1. The van der Waals surface area contributed by atoms with E-state index in [0.717, 1.165) is 21.1 Å². The Balaban J connectivity index is 0.00000480. The number of anilines is 3. The van der Waals surface area contributed by atoms with Gasteiger partial charge in [-0.25, -0.2) is 19.4 Å². The molecule has 2 aliphatic rings. The number of hydrogen-bond donors (Lipinski definition) is 5. The van der Waals surface area contributed by atoms with Crippen molar-refractivity contribution in [1.82, 2.24) is 40.4 Å². The van der Waals surface area contributed by atoms with E-state index >= 15 is 0 Å². The van der Waals surface area contributed by atoms with Crippen molar-refractivity contribution in [2.45, 2.75) is 29.4 Å². The molecule has 6 N–H and O–H groups in total. The van der Waals surface area contributed by atoms with Crippen LogP contribution >= 0.6 is 34.9 Å². The summed E-state index contributed by atoms with van der Waals surface area (Å²) in [4.78, 5) is 60.8. The number of nitrogens with zero attached hydrogens (tertiary/aromatic N) is 8. The van der Waals surface area contributed by atoms with Gasteiger partial charge in [0.1, 0.15) is 22.1 Å². The zero-order valence-electron chi connectivity index (χ0n) is 24.4. The van der Waals surface area contributed by atoms with Gasteiger partial charge in [0.15, 0.2) is 0 Å². The van der Waals surface area contributed by atoms with Gasteiger partial charge in [-0.1, -0.05) is 11.8 Å². The largest absolute Gasteiger partial charge is 1.00 e. The summed E-state index contributed by atoms with van der Waals surface area (Å²) in [6.45, 7) is 0.308. The van der Waals surface area contributed by atoms with Crippen LogP contribution in [0.3, 0.4) is 0 Å². The summed E-state index contributed by atoms with van der Waals surface area (Å²) in [6, 6.07) is -0.351. The predicted molar refractivity (Wildman–Crippen MR) is 160 cm³/mol. The standard InChI is InChI=1S/C24H27N11O7S3.Na/c1-33-24(30-31-32-33)45-10-12-9-44-20-15(18(39)35(20)16(12)21(40)41)28-14(37)7-11-3-6-43-19(11)34(22(25)42)13-8-27-23(29-17(13)38)26-4-2-5-36;/h3,6,8,15,20,36H,2,4-5,7,9-10H2,1H3,(H2,25,42)(H,28,37)(H,40,41)(H2,26,27,29,38);/q;+1/p-1/t15?,20-;/m0./s1. The molecule has 5 rings (SSSR count). The number of nitrogens with two attached hydrogens (primary N) is 1. The number of hydrogen-bond acceptors (Lipinski definition) is 16. The normalized spacial score (nSPS) is 17.1. The molecular weight excluding hydrogens is 674 g/mol. The number of nitrogens with one attached hydrogen (secondary N) is 2. The molecule has 46 heavy (non-hydrogen) atoms. The first kappa shape index (κ1) is 35.4. The molecule has 0 spiro atoms. The fourth-order valence-electron chi connectivity index (χ4n) is 4.55. The number of thioether (sulfide) groups is 2. The Kier molecular flexibility index (Phi) is 11.9. The molecule has 22 heteroatoms. The molecule has 4 amide bonds. The van der Waals surface area contributed by atoms with Crippen molar-refractivity contribution in [3.63, 3.8) is 0 Å². The van der Waals surface area contributed by atoms with E-state index in [1.807, 2.05) is 0 Å². The van der Waals surface area contributed by atoms with Crippen molar-refractivity contribution < 1.29 is 64.1 Å². The number of carbonyl (C=O) groups excluding carboxylic acids is 4. The number of carbonyl (C=O) groups is 4. The number of aromatic hydroxyl groups is 1. The van der Waals surface area contributed by atoms with Crippen LogP contribution in [0.2, 0.25) is 0 Å². The quantitative estimate of drug-likeness (QED) is 0.0488. The number of fused-ring (bicyclic) bond motifs is 1. The summed E-state index contributed by atoms with van der Waals surface area (Å²) in [5, 5.41) is 49.8. The number of aliphatic hydroxyl groups is 1. The van der Waals surface area contributed by atoms with Gasteiger partial charge >= 0.3 is 35.6 Å². The molecule has 1 fully saturated rings. The van der Waals surface area contributed by atoms with Crippen LogP contribution in [0.4, 0.5) is 21.4 Å². The fourth-order valence-corrected chi connectivity index (χ4v) is 7.83. The van der Waals surface area contributed by atoms with Crippen LogP contribution in [0.1, 0.15) is 12.0 Å². The Bertz CT molecular complexity index is 1670. The van der Waals surface area contributed by atoms with Crippen LogP contribution in [-0.4, -0.2) is 105 Å². The molecule has 3 aromatic heterocycles. The summed E-state index contributed by atoms with van der Waals surface area (Å²) < 4.78 is 1.44. The second-order valence-electron chi connectivity index (χ2n) is 9.58. The second-order valence-corrected chi connectivity index (χ2v) is 12.5. The van der Waals surface area contributed by atoms with Crippen molar-refractivity contribution in [2.75, 3.05) is 34.9 Å². The van der Waals surface area contributed by atoms with Crippen molar-refractivity contribution in [3.8, 4) is 5.88 Å². The molecular formula is C24H26N11NaO7S3. The number of rotatable bonds is 13. The minimum absolute atomic E-state index is 0. The molecule has 18 nitrogen and oxygen atoms in total. The molecule has 0 bridgehead atoms. The number of tetrazole rings is 1. The van der Waals surface area contributed by atoms with Crippen LogP contribution in [0.15, 0.2) is 34.1 Å². The minimum atomic E-state index is -1.50. The maximum absolute atomic E-state index is 13.1. The van der Waals surface area contributed by atoms with Crippen molar-refractivity contribution >= 4 is 75.3 Å². The van der Waals surface area contributed by atoms with Gasteiger partial charge in [0.25, 0.3) is 5.91 Å². The summed E-state index contributed by atoms with van der Waals surface area (Å²) in [5.74, 6) is -2.62. The molecule has 0 saturated carbocycles. The first-order chi connectivity index (χ1) is 21.6. The van der Waals surface area contributed by atoms with Crippen LogP contribution in [0.25, 0.3) is 0 Å². The number of carboxylic acids is 1. The first-order valence-electron chi connectivity index (χ1n) is 13.2. The fraction of sp³-hybridized carbons (Fsp3) is 0.375. The number of urea groups is 1. The number of aryl methyl sites for hydroxylation is 1. The molecule has 1 unspecified atom stereocenters. The number of thiophene rings is 1. The Morgan fingerprint density at radius 1 is 1.33 bits per heavy atom. The van der Waals surface area contributed by atoms with Gasteiger partial charge in [0, 0.05) is 31.7 Å². The number of aliphatic carboxylic acids is 1. The van der Waals surface area contributed by atoms with Crippen LogP contribution < -0.4 is 55.9 Å². The molecule has 1 saturated heterocycles. The molecule has 2 aliphatic heterocycles.